The van der Waals surface area contributed by atoms with Gasteiger partial charge in [-0.2, -0.15) is 0 Å². The second-order valence-electron chi connectivity index (χ2n) is 6.51. The van der Waals surface area contributed by atoms with Gasteiger partial charge >= 0.3 is 0 Å². The van der Waals surface area contributed by atoms with Crippen molar-refractivity contribution in [3.8, 4) is 0 Å². The number of hydrogen-bond donors (Lipinski definition) is 2. The summed E-state index contributed by atoms with van der Waals surface area (Å²) in [7, 11) is 0. The average Bonchev–Trinajstić information content (AvgIpc) is 3.08. The third kappa shape index (κ3) is 3.60. The summed E-state index contributed by atoms with van der Waals surface area (Å²) >= 11 is 0. The Kier molecular flexibility index (Phi) is 4.83. The molecule has 4 rings (SSSR count). The third-order valence-corrected chi connectivity index (χ3v) is 4.55. The van der Waals surface area contributed by atoms with Gasteiger partial charge in [-0.1, -0.05) is 42.5 Å². The van der Waals surface area contributed by atoms with E-state index in [1.165, 1.54) is 18.2 Å². The van der Waals surface area contributed by atoms with Crippen LogP contribution in [0.3, 0.4) is 0 Å². The monoisotopic (exact) mass is 388 g/mol. The Morgan fingerprint density at radius 3 is 2.31 bits per heavy atom. The number of rotatable bonds is 4. The summed E-state index contributed by atoms with van der Waals surface area (Å²) in [5, 5.41) is 5.85. The molecule has 2 N–H and O–H groups in total. The fourth-order valence-corrected chi connectivity index (χ4v) is 3.08. The largest absolute Gasteiger partial charge is 0.449 e. The summed E-state index contributed by atoms with van der Waals surface area (Å²) in [6.45, 7) is 1.83. The molecule has 1 heterocycles. The number of carbonyl (C=O) groups excluding carboxylic acids is 2. The summed E-state index contributed by atoms with van der Waals surface area (Å²) in [5.74, 6) is -1.69. The first kappa shape index (κ1) is 18.4. The van der Waals surface area contributed by atoms with Crippen molar-refractivity contribution in [2.45, 2.75) is 6.92 Å². The first-order chi connectivity index (χ1) is 14.0. The van der Waals surface area contributed by atoms with Crippen LogP contribution in [0.4, 0.5) is 15.8 Å². The van der Waals surface area contributed by atoms with Crippen LogP contribution in [0.25, 0.3) is 11.0 Å². The van der Waals surface area contributed by atoms with E-state index in [-0.39, 0.29) is 23.0 Å². The summed E-state index contributed by atoms with van der Waals surface area (Å²) in [6.07, 6.45) is 0. The standard InChI is InChI=1S/C23H17FN2O3/c1-14-8-2-3-9-15(14)22(27)26-20-16-10-4-7-13-19(16)29-21(20)23(28)25-18-12-6-5-11-17(18)24/h2-13H,1H3,(H,25,28)(H,26,27). The molecule has 144 valence electrons. The number of hydrogen-bond acceptors (Lipinski definition) is 3. The van der Waals surface area contributed by atoms with Gasteiger partial charge in [-0.15, -0.1) is 0 Å². The second-order valence-corrected chi connectivity index (χ2v) is 6.51. The lowest BCUT2D eigenvalue weighted by molar-refractivity contribution is 0.0999. The van der Waals surface area contributed by atoms with Crippen LogP contribution in [0.2, 0.25) is 0 Å². The van der Waals surface area contributed by atoms with Gasteiger partial charge in [0.1, 0.15) is 17.1 Å². The van der Waals surface area contributed by atoms with Crippen molar-refractivity contribution in [3.05, 3.63) is 95.5 Å². The minimum Gasteiger partial charge on any atom is -0.449 e. The average molecular weight is 388 g/mol. The number of para-hydroxylation sites is 2. The molecule has 29 heavy (non-hydrogen) atoms. The number of amides is 2. The minimum atomic E-state index is -0.661. The van der Waals surface area contributed by atoms with Gasteiger partial charge in [-0.3, -0.25) is 9.59 Å². The molecule has 3 aromatic carbocycles. The van der Waals surface area contributed by atoms with Crippen molar-refractivity contribution in [2.75, 3.05) is 10.6 Å². The Morgan fingerprint density at radius 2 is 1.52 bits per heavy atom. The molecular weight excluding hydrogens is 371 g/mol. The van der Waals surface area contributed by atoms with Crippen LogP contribution in [0, 0.1) is 12.7 Å². The van der Waals surface area contributed by atoms with Gasteiger partial charge in [0, 0.05) is 10.9 Å². The summed E-state index contributed by atoms with van der Waals surface area (Å²) in [4.78, 5) is 25.6. The molecule has 2 amide bonds. The molecule has 0 saturated heterocycles. The van der Waals surface area contributed by atoms with Crippen molar-refractivity contribution in [1.29, 1.82) is 0 Å². The maximum Gasteiger partial charge on any atom is 0.293 e. The SMILES string of the molecule is Cc1ccccc1C(=O)Nc1c(C(=O)Nc2ccccc2F)oc2ccccc12. The third-order valence-electron chi connectivity index (χ3n) is 4.55. The van der Waals surface area contributed by atoms with Gasteiger partial charge in [0.15, 0.2) is 0 Å². The van der Waals surface area contributed by atoms with Gasteiger partial charge in [0.05, 0.1) is 5.69 Å². The van der Waals surface area contributed by atoms with Crippen molar-refractivity contribution in [3.63, 3.8) is 0 Å². The van der Waals surface area contributed by atoms with E-state index < -0.39 is 11.7 Å². The lowest BCUT2D eigenvalue weighted by atomic mass is 10.1. The minimum absolute atomic E-state index is 0.0223. The van der Waals surface area contributed by atoms with Crippen LogP contribution in [-0.2, 0) is 0 Å². The number of furan rings is 1. The first-order valence-electron chi connectivity index (χ1n) is 8.99. The normalized spacial score (nSPS) is 10.7. The van der Waals surface area contributed by atoms with Gasteiger partial charge in [0.25, 0.3) is 11.8 Å². The fourth-order valence-electron chi connectivity index (χ4n) is 3.08. The number of fused-ring (bicyclic) bond motifs is 1. The van der Waals surface area contributed by atoms with Gasteiger partial charge in [-0.25, -0.2) is 4.39 Å². The number of nitrogens with one attached hydrogen (secondary N) is 2. The molecule has 4 aromatic rings. The fraction of sp³-hybridized carbons (Fsp3) is 0.0435. The van der Waals surface area contributed by atoms with Gasteiger partial charge < -0.3 is 15.1 Å². The molecular formula is C23H17FN2O3. The van der Waals surface area contributed by atoms with E-state index in [0.717, 1.165) is 5.56 Å². The Balaban J connectivity index is 1.73. The molecule has 0 aliphatic rings. The van der Waals surface area contributed by atoms with Gasteiger partial charge in [0.2, 0.25) is 5.76 Å². The lowest BCUT2D eigenvalue weighted by Crippen LogP contribution is -2.18. The molecule has 0 spiro atoms. The lowest BCUT2D eigenvalue weighted by Gasteiger charge is -2.09. The maximum absolute atomic E-state index is 13.9. The highest BCUT2D eigenvalue weighted by atomic mass is 19.1. The molecule has 0 fully saturated rings. The van der Waals surface area contributed by atoms with Crippen LogP contribution < -0.4 is 10.6 Å². The molecule has 5 nitrogen and oxygen atoms in total. The van der Waals surface area contributed by atoms with Gasteiger partial charge in [-0.05, 0) is 42.8 Å². The van der Waals surface area contributed by atoms with Crippen molar-refractivity contribution in [2.24, 2.45) is 0 Å². The molecule has 1 aromatic heterocycles. The van der Waals surface area contributed by atoms with E-state index in [2.05, 4.69) is 10.6 Å². The van der Waals surface area contributed by atoms with E-state index in [1.54, 1.807) is 42.5 Å². The van der Waals surface area contributed by atoms with Crippen molar-refractivity contribution in [1.82, 2.24) is 0 Å². The number of aryl methyl sites for hydroxylation is 1. The van der Waals surface area contributed by atoms with Crippen molar-refractivity contribution < 1.29 is 18.4 Å². The zero-order chi connectivity index (χ0) is 20.4. The first-order valence-corrected chi connectivity index (χ1v) is 8.99. The van der Waals surface area contributed by atoms with E-state index in [4.69, 9.17) is 4.42 Å². The molecule has 0 atom stereocenters. The number of benzene rings is 3. The smallest absolute Gasteiger partial charge is 0.293 e. The topological polar surface area (TPSA) is 71.3 Å². The number of anilines is 2. The summed E-state index contributed by atoms with van der Waals surface area (Å²) in [6, 6.07) is 19.9. The Bertz CT molecular complexity index is 1230. The van der Waals surface area contributed by atoms with Crippen LogP contribution in [0.5, 0.6) is 0 Å². The van der Waals surface area contributed by atoms with Crippen LogP contribution in [0.1, 0.15) is 26.5 Å². The predicted octanol–water partition coefficient (Wildman–Crippen LogP) is 5.38. The Labute approximate surface area is 166 Å². The van der Waals surface area contributed by atoms with E-state index in [0.29, 0.717) is 16.5 Å². The van der Waals surface area contributed by atoms with Crippen LogP contribution >= 0.6 is 0 Å². The molecule has 0 saturated carbocycles. The molecule has 0 aliphatic heterocycles. The van der Waals surface area contributed by atoms with E-state index in [1.807, 2.05) is 19.1 Å². The van der Waals surface area contributed by atoms with E-state index in [9.17, 15) is 14.0 Å². The van der Waals surface area contributed by atoms with Crippen LogP contribution in [-0.4, -0.2) is 11.8 Å². The molecule has 0 aliphatic carbocycles. The Morgan fingerprint density at radius 1 is 0.828 bits per heavy atom. The Hall–Kier alpha value is -3.93. The van der Waals surface area contributed by atoms with Crippen LogP contribution in [0.15, 0.2) is 77.2 Å². The van der Waals surface area contributed by atoms with Crippen molar-refractivity contribution >= 4 is 34.2 Å². The maximum atomic E-state index is 13.9. The highest BCUT2D eigenvalue weighted by molar-refractivity contribution is 6.17. The summed E-state index contributed by atoms with van der Waals surface area (Å²) < 4.78 is 19.6. The second kappa shape index (κ2) is 7.59. The predicted molar refractivity (Wildman–Crippen MR) is 110 cm³/mol. The molecule has 0 bridgehead atoms. The molecule has 0 unspecified atom stereocenters. The summed E-state index contributed by atoms with van der Waals surface area (Å²) in [5.41, 5.74) is 1.98. The number of carbonyl (C=O) groups is 2. The zero-order valence-electron chi connectivity index (χ0n) is 15.5. The molecule has 6 heteroatoms. The quantitative estimate of drug-likeness (QED) is 0.493. The molecule has 0 radical (unpaired) electrons. The van der Waals surface area contributed by atoms with E-state index >= 15 is 0 Å². The highest BCUT2D eigenvalue weighted by Gasteiger charge is 2.23. The highest BCUT2D eigenvalue weighted by Crippen LogP contribution is 2.32. The zero-order valence-corrected chi connectivity index (χ0v) is 15.5. The number of halogens is 1.